The highest BCUT2D eigenvalue weighted by Gasteiger charge is 2.23. The lowest BCUT2D eigenvalue weighted by Crippen LogP contribution is -2.46. The van der Waals surface area contributed by atoms with E-state index in [2.05, 4.69) is 32.3 Å². The number of hydrogen-bond acceptors (Lipinski definition) is 6. The Hall–Kier alpha value is -3.97. The van der Waals surface area contributed by atoms with Gasteiger partial charge in [-0.3, -0.25) is 4.79 Å². The first-order valence-corrected chi connectivity index (χ1v) is 10.6. The summed E-state index contributed by atoms with van der Waals surface area (Å²) in [6.07, 6.45) is 3.49. The Morgan fingerprint density at radius 1 is 1.06 bits per heavy atom. The van der Waals surface area contributed by atoms with Gasteiger partial charge in [0, 0.05) is 49.3 Å². The summed E-state index contributed by atoms with van der Waals surface area (Å²) < 4.78 is 0. The summed E-state index contributed by atoms with van der Waals surface area (Å²) in [4.78, 5) is 27.5. The second-order valence-electron chi connectivity index (χ2n) is 7.81. The number of H-pyrrole nitrogens is 1. The molecule has 32 heavy (non-hydrogen) atoms. The first-order valence-electron chi connectivity index (χ1n) is 10.6. The van der Waals surface area contributed by atoms with E-state index >= 15 is 0 Å². The molecule has 1 saturated heterocycles. The first kappa shape index (κ1) is 20.0. The Bertz CT molecular complexity index is 1220. The molecule has 7 nitrogen and oxygen atoms in total. The van der Waals surface area contributed by atoms with Crippen LogP contribution in [0.4, 0.5) is 11.6 Å². The molecule has 1 aliphatic heterocycles. The summed E-state index contributed by atoms with van der Waals surface area (Å²) >= 11 is 0. The number of benzene rings is 1. The van der Waals surface area contributed by atoms with Gasteiger partial charge in [0.25, 0.3) is 0 Å². The van der Waals surface area contributed by atoms with E-state index in [1.54, 1.807) is 18.3 Å². The summed E-state index contributed by atoms with van der Waals surface area (Å²) in [5.74, 6) is 0.745. The van der Waals surface area contributed by atoms with Gasteiger partial charge in [0.15, 0.2) is 0 Å². The van der Waals surface area contributed by atoms with Crippen molar-refractivity contribution in [1.29, 1.82) is 0 Å². The second kappa shape index (κ2) is 8.64. The first-order chi connectivity index (χ1) is 15.7. The molecule has 5 rings (SSSR count). The molecule has 1 aliphatic rings. The molecule has 1 atom stereocenters. The molecule has 7 heteroatoms. The Morgan fingerprint density at radius 3 is 2.75 bits per heavy atom. The molecule has 0 radical (unpaired) electrons. The third-order valence-electron chi connectivity index (χ3n) is 5.74. The zero-order valence-corrected chi connectivity index (χ0v) is 17.5. The van der Waals surface area contributed by atoms with Gasteiger partial charge >= 0.3 is 0 Å². The van der Waals surface area contributed by atoms with E-state index in [9.17, 15) is 4.79 Å². The molecule has 0 saturated carbocycles. The molecule has 1 fully saturated rings. The molecule has 4 heterocycles. The van der Waals surface area contributed by atoms with Crippen LogP contribution in [-0.4, -0.2) is 40.4 Å². The molecule has 1 unspecified atom stereocenters. The van der Waals surface area contributed by atoms with Crippen LogP contribution in [-0.2, 0) is 0 Å². The summed E-state index contributed by atoms with van der Waals surface area (Å²) in [5, 5.41) is 3.56. The highest BCUT2D eigenvalue weighted by Crippen LogP contribution is 2.24. The van der Waals surface area contributed by atoms with E-state index in [0.29, 0.717) is 11.3 Å². The maximum absolute atomic E-state index is 13.3. The van der Waals surface area contributed by atoms with Crippen LogP contribution in [0, 0.1) is 0 Å². The molecule has 1 aromatic carbocycles. The number of hydrogen-bond donors (Lipinski definition) is 3. The van der Waals surface area contributed by atoms with Crippen LogP contribution < -0.4 is 16.0 Å². The number of pyridine rings is 2. The number of nitrogen functional groups attached to an aromatic ring is 1. The Balaban J connectivity index is 1.41. The standard InChI is InChI=1S/C25H24N6O/c26-25-19(14-18(15-29-25)20-9-5-11-27-20)24(32)21-8-4-10-23(30-21)31-13-12-28-22(16-31)17-6-2-1-3-7-17/h1-11,14-15,22,27-28H,12-13,16H2,(H2,26,29). The summed E-state index contributed by atoms with van der Waals surface area (Å²) in [7, 11) is 0. The van der Waals surface area contributed by atoms with Gasteiger partial charge in [-0.05, 0) is 35.9 Å². The van der Waals surface area contributed by atoms with Crippen molar-refractivity contribution < 1.29 is 4.79 Å². The van der Waals surface area contributed by atoms with Crippen LogP contribution in [0.1, 0.15) is 27.7 Å². The highest BCUT2D eigenvalue weighted by molar-refractivity contribution is 6.11. The predicted molar refractivity (Wildman–Crippen MR) is 126 cm³/mol. The summed E-state index contributed by atoms with van der Waals surface area (Å²) in [6.45, 7) is 2.44. The lowest BCUT2D eigenvalue weighted by atomic mass is 10.0. The van der Waals surface area contributed by atoms with Crippen molar-refractivity contribution in [3.05, 3.63) is 95.9 Å². The van der Waals surface area contributed by atoms with Crippen molar-refractivity contribution >= 4 is 17.4 Å². The fourth-order valence-corrected chi connectivity index (χ4v) is 4.04. The molecular formula is C25H24N6O. The van der Waals surface area contributed by atoms with Crippen LogP contribution in [0.2, 0.25) is 0 Å². The largest absolute Gasteiger partial charge is 0.383 e. The molecular weight excluding hydrogens is 400 g/mol. The normalized spacial score (nSPS) is 16.1. The average Bonchev–Trinajstić information content (AvgIpc) is 3.40. The van der Waals surface area contributed by atoms with Gasteiger partial charge in [-0.1, -0.05) is 36.4 Å². The minimum atomic E-state index is -0.236. The van der Waals surface area contributed by atoms with Crippen LogP contribution in [0.3, 0.4) is 0 Å². The molecule has 3 aromatic heterocycles. The van der Waals surface area contributed by atoms with Gasteiger partial charge in [-0.2, -0.15) is 0 Å². The fourth-order valence-electron chi connectivity index (χ4n) is 4.04. The monoisotopic (exact) mass is 424 g/mol. The molecule has 4 N–H and O–H groups in total. The van der Waals surface area contributed by atoms with E-state index in [1.807, 2.05) is 48.7 Å². The van der Waals surface area contributed by atoms with Crippen LogP contribution in [0.5, 0.6) is 0 Å². The number of nitrogens with two attached hydrogens (primary N) is 1. The van der Waals surface area contributed by atoms with Crippen LogP contribution in [0.25, 0.3) is 11.3 Å². The maximum Gasteiger partial charge on any atom is 0.215 e. The maximum atomic E-state index is 13.3. The van der Waals surface area contributed by atoms with Crippen molar-refractivity contribution in [2.45, 2.75) is 6.04 Å². The zero-order valence-electron chi connectivity index (χ0n) is 17.5. The Labute approximate surface area is 186 Å². The topological polar surface area (TPSA) is 99.9 Å². The lowest BCUT2D eigenvalue weighted by molar-refractivity contribution is 0.103. The number of carbonyl (C=O) groups is 1. The number of nitrogens with zero attached hydrogens (tertiary/aromatic N) is 3. The van der Waals surface area contributed by atoms with Crippen molar-refractivity contribution in [2.24, 2.45) is 0 Å². The average molecular weight is 425 g/mol. The molecule has 0 spiro atoms. The van der Waals surface area contributed by atoms with Crippen LogP contribution >= 0.6 is 0 Å². The summed E-state index contributed by atoms with van der Waals surface area (Å²) in [6, 6.07) is 21.7. The van der Waals surface area contributed by atoms with E-state index in [0.717, 1.165) is 36.7 Å². The van der Waals surface area contributed by atoms with Crippen LogP contribution in [0.15, 0.2) is 79.1 Å². The van der Waals surface area contributed by atoms with E-state index in [1.165, 1.54) is 5.56 Å². The number of anilines is 2. The molecule has 0 amide bonds. The van der Waals surface area contributed by atoms with Gasteiger partial charge in [0.1, 0.15) is 17.3 Å². The Morgan fingerprint density at radius 2 is 1.94 bits per heavy atom. The van der Waals surface area contributed by atoms with Gasteiger partial charge in [-0.15, -0.1) is 0 Å². The molecule has 4 aromatic rings. The molecule has 0 bridgehead atoms. The third kappa shape index (κ3) is 3.98. The van der Waals surface area contributed by atoms with Gasteiger partial charge in [0.05, 0.1) is 5.56 Å². The summed E-state index contributed by atoms with van der Waals surface area (Å²) in [5.41, 5.74) is 9.68. The smallest absolute Gasteiger partial charge is 0.215 e. The minimum Gasteiger partial charge on any atom is -0.383 e. The third-order valence-corrected chi connectivity index (χ3v) is 5.74. The van der Waals surface area contributed by atoms with Crippen molar-refractivity contribution in [3.63, 3.8) is 0 Å². The number of aromatic nitrogens is 3. The fraction of sp³-hybridized carbons (Fsp3) is 0.160. The Kier molecular flexibility index (Phi) is 5.39. The number of nitrogens with one attached hydrogen (secondary N) is 2. The number of piperazine rings is 1. The zero-order chi connectivity index (χ0) is 21.9. The number of carbonyl (C=O) groups excluding carboxylic acids is 1. The van der Waals surface area contributed by atoms with E-state index in [-0.39, 0.29) is 17.6 Å². The van der Waals surface area contributed by atoms with Crippen molar-refractivity contribution in [1.82, 2.24) is 20.3 Å². The van der Waals surface area contributed by atoms with Crippen molar-refractivity contribution in [3.8, 4) is 11.3 Å². The quantitative estimate of drug-likeness (QED) is 0.425. The predicted octanol–water partition coefficient (Wildman–Crippen LogP) is 3.44. The van der Waals surface area contributed by atoms with Gasteiger partial charge in [0.2, 0.25) is 5.78 Å². The second-order valence-corrected chi connectivity index (χ2v) is 7.81. The highest BCUT2D eigenvalue weighted by atomic mass is 16.1. The number of ketones is 1. The van der Waals surface area contributed by atoms with Crippen molar-refractivity contribution in [2.75, 3.05) is 30.3 Å². The lowest BCUT2D eigenvalue weighted by Gasteiger charge is -2.35. The van der Waals surface area contributed by atoms with Gasteiger partial charge in [-0.25, -0.2) is 9.97 Å². The number of rotatable bonds is 5. The number of aromatic amines is 1. The minimum absolute atomic E-state index is 0.198. The van der Waals surface area contributed by atoms with E-state index < -0.39 is 0 Å². The SMILES string of the molecule is Nc1ncc(-c2ccc[nH]2)cc1C(=O)c1cccc(N2CCNC(c3ccccc3)C2)n1. The molecule has 160 valence electrons. The van der Waals surface area contributed by atoms with Gasteiger partial charge < -0.3 is 20.9 Å². The molecule has 0 aliphatic carbocycles. The van der Waals surface area contributed by atoms with E-state index in [4.69, 9.17) is 10.7 Å².